The molecule has 0 spiro atoms. The van der Waals surface area contributed by atoms with Crippen molar-refractivity contribution in [3.05, 3.63) is 66.2 Å². The number of alkyl halides is 1. The molecule has 1 atom stereocenters. The fraction of sp³-hybridized carbons (Fsp3) is 0.0769. The first-order valence-corrected chi connectivity index (χ1v) is 5.12. The summed E-state index contributed by atoms with van der Waals surface area (Å²) in [6, 6.07) is 19.9. The number of benzene rings is 2. The predicted molar refractivity (Wildman–Crippen MR) is 60.9 cm³/mol. The van der Waals surface area contributed by atoms with Crippen molar-refractivity contribution in [2.45, 2.75) is 5.56 Å². The van der Waals surface area contributed by atoms with Gasteiger partial charge in [-0.1, -0.05) is 54.1 Å². The molecule has 2 heteroatoms. The highest BCUT2D eigenvalue weighted by Crippen LogP contribution is 2.24. The molecule has 0 aromatic heterocycles. The SMILES string of the molecule is ClC(Oc1c[c]ccc1)c1ccccc1. The Morgan fingerprint density at radius 1 is 1.07 bits per heavy atom. The van der Waals surface area contributed by atoms with Crippen molar-refractivity contribution in [1.29, 1.82) is 0 Å². The van der Waals surface area contributed by atoms with Crippen LogP contribution < -0.4 is 4.74 Å². The van der Waals surface area contributed by atoms with Crippen molar-refractivity contribution in [1.82, 2.24) is 0 Å². The molecule has 1 unspecified atom stereocenters. The van der Waals surface area contributed by atoms with E-state index < -0.39 is 5.56 Å². The highest BCUT2D eigenvalue weighted by molar-refractivity contribution is 6.20. The molecule has 2 aromatic carbocycles. The lowest BCUT2D eigenvalue weighted by atomic mass is 10.2. The summed E-state index contributed by atoms with van der Waals surface area (Å²) in [6.45, 7) is 0. The molecule has 0 heterocycles. The zero-order valence-corrected chi connectivity index (χ0v) is 8.82. The van der Waals surface area contributed by atoms with E-state index >= 15 is 0 Å². The third-order valence-electron chi connectivity index (χ3n) is 1.98. The molecule has 0 aliphatic rings. The van der Waals surface area contributed by atoms with Crippen LogP contribution in [0.1, 0.15) is 11.1 Å². The smallest absolute Gasteiger partial charge is 0.197 e. The number of hydrogen-bond donors (Lipinski definition) is 0. The van der Waals surface area contributed by atoms with Crippen LogP contribution in [0, 0.1) is 6.07 Å². The normalized spacial score (nSPS) is 12.1. The highest BCUT2D eigenvalue weighted by atomic mass is 35.5. The molecular formula is C13H10ClO. The predicted octanol–water partition coefficient (Wildman–Crippen LogP) is 3.80. The lowest BCUT2D eigenvalue weighted by Gasteiger charge is -2.12. The maximum atomic E-state index is 6.10. The van der Waals surface area contributed by atoms with Crippen molar-refractivity contribution < 1.29 is 4.74 Å². The van der Waals surface area contributed by atoms with E-state index in [0.29, 0.717) is 0 Å². The van der Waals surface area contributed by atoms with Crippen LogP contribution in [0.15, 0.2) is 54.6 Å². The van der Waals surface area contributed by atoms with Gasteiger partial charge in [0.05, 0.1) is 0 Å². The molecule has 2 aromatic rings. The minimum absolute atomic E-state index is 0.456. The molecule has 15 heavy (non-hydrogen) atoms. The topological polar surface area (TPSA) is 9.23 Å². The van der Waals surface area contributed by atoms with Gasteiger partial charge in [0.2, 0.25) is 0 Å². The van der Waals surface area contributed by atoms with Gasteiger partial charge in [0.1, 0.15) is 5.75 Å². The molecule has 2 rings (SSSR count). The largest absolute Gasteiger partial charge is 0.470 e. The quantitative estimate of drug-likeness (QED) is 0.711. The Morgan fingerprint density at radius 2 is 1.87 bits per heavy atom. The van der Waals surface area contributed by atoms with Crippen molar-refractivity contribution in [3.63, 3.8) is 0 Å². The summed E-state index contributed by atoms with van der Waals surface area (Å²) < 4.78 is 5.53. The van der Waals surface area contributed by atoms with Crippen LogP contribution in [-0.4, -0.2) is 0 Å². The van der Waals surface area contributed by atoms with E-state index in [-0.39, 0.29) is 0 Å². The van der Waals surface area contributed by atoms with Crippen molar-refractivity contribution in [2.75, 3.05) is 0 Å². The Hall–Kier alpha value is -1.47. The van der Waals surface area contributed by atoms with Gasteiger partial charge in [-0.15, -0.1) is 0 Å². The Labute approximate surface area is 94.3 Å². The lowest BCUT2D eigenvalue weighted by molar-refractivity contribution is 0.288. The summed E-state index contributed by atoms with van der Waals surface area (Å²) in [4.78, 5) is 0. The fourth-order valence-electron chi connectivity index (χ4n) is 1.24. The van der Waals surface area contributed by atoms with Gasteiger partial charge in [-0.25, -0.2) is 0 Å². The van der Waals surface area contributed by atoms with Gasteiger partial charge in [0.15, 0.2) is 5.56 Å². The molecule has 0 fully saturated rings. The second kappa shape index (κ2) is 4.85. The molecule has 75 valence electrons. The molecule has 0 saturated heterocycles. The fourth-order valence-corrected chi connectivity index (χ4v) is 1.49. The van der Waals surface area contributed by atoms with E-state index in [1.807, 2.05) is 48.5 Å². The molecule has 1 radical (unpaired) electrons. The molecule has 0 aliphatic heterocycles. The summed E-state index contributed by atoms with van der Waals surface area (Å²) in [5, 5.41) is 0. The van der Waals surface area contributed by atoms with Crippen LogP contribution in [0.25, 0.3) is 0 Å². The standard InChI is InChI=1S/C13H10ClO/c14-13(11-7-3-1-4-8-11)15-12-9-5-2-6-10-12/h1-5,7-10,13H. The summed E-state index contributed by atoms with van der Waals surface area (Å²) in [7, 11) is 0. The van der Waals surface area contributed by atoms with Gasteiger partial charge in [0, 0.05) is 5.56 Å². The van der Waals surface area contributed by atoms with E-state index in [1.165, 1.54) is 0 Å². The highest BCUT2D eigenvalue weighted by Gasteiger charge is 2.07. The maximum absolute atomic E-state index is 6.10. The third-order valence-corrected chi connectivity index (χ3v) is 2.32. The van der Waals surface area contributed by atoms with E-state index in [4.69, 9.17) is 16.3 Å². The van der Waals surface area contributed by atoms with Crippen LogP contribution in [0.3, 0.4) is 0 Å². The van der Waals surface area contributed by atoms with Crippen molar-refractivity contribution >= 4 is 11.6 Å². The van der Waals surface area contributed by atoms with Gasteiger partial charge < -0.3 is 4.74 Å². The Balaban J connectivity index is 2.08. The molecule has 0 N–H and O–H groups in total. The monoisotopic (exact) mass is 217 g/mol. The summed E-state index contributed by atoms with van der Waals surface area (Å²) >= 11 is 6.10. The third kappa shape index (κ3) is 2.74. The Morgan fingerprint density at radius 3 is 2.53 bits per heavy atom. The van der Waals surface area contributed by atoms with E-state index in [2.05, 4.69) is 6.07 Å². The van der Waals surface area contributed by atoms with E-state index in [9.17, 15) is 0 Å². The Bertz CT molecular complexity index is 399. The molecular weight excluding hydrogens is 208 g/mol. The van der Waals surface area contributed by atoms with Gasteiger partial charge in [-0.3, -0.25) is 0 Å². The first kappa shape index (κ1) is 10.1. The first-order chi connectivity index (χ1) is 7.36. The number of hydrogen-bond acceptors (Lipinski definition) is 1. The van der Waals surface area contributed by atoms with Crippen LogP contribution in [-0.2, 0) is 0 Å². The van der Waals surface area contributed by atoms with Gasteiger partial charge in [-0.05, 0) is 18.2 Å². The molecule has 0 saturated carbocycles. The van der Waals surface area contributed by atoms with Crippen LogP contribution >= 0.6 is 11.6 Å². The van der Waals surface area contributed by atoms with Crippen molar-refractivity contribution in [3.8, 4) is 5.75 Å². The second-order valence-electron chi connectivity index (χ2n) is 3.08. The zero-order valence-electron chi connectivity index (χ0n) is 8.06. The van der Waals surface area contributed by atoms with E-state index in [0.717, 1.165) is 11.3 Å². The molecule has 0 amide bonds. The van der Waals surface area contributed by atoms with Gasteiger partial charge in [-0.2, -0.15) is 0 Å². The van der Waals surface area contributed by atoms with Crippen molar-refractivity contribution in [2.24, 2.45) is 0 Å². The first-order valence-electron chi connectivity index (χ1n) is 4.68. The average molecular weight is 218 g/mol. The number of halogens is 1. The van der Waals surface area contributed by atoms with Gasteiger partial charge >= 0.3 is 0 Å². The zero-order chi connectivity index (χ0) is 10.5. The molecule has 0 bridgehead atoms. The summed E-state index contributed by atoms with van der Waals surface area (Å²) in [6.07, 6.45) is 0. The summed E-state index contributed by atoms with van der Waals surface area (Å²) in [5.41, 5.74) is 0.491. The minimum Gasteiger partial charge on any atom is -0.470 e. The van der Waals surface area contributed by atoms with E-state index in [1.54, 1.807) is 6.07 Å². The average Bonchev–Trinajstić information content (AvgIpc) is 2.31. The lowest BCUT2D eigenvalue weighted by Crippen LogP contribution is -1.99. The molecule has 0 aliphatic carbocycles. The summed E-state index contributed by atoms with van der Waals surface area (Å²) in [5.74, 6) is 0.723. The second-order valence-corrected chi connectivity index (χ2v) is 3.48. The molecule has 1 nitrogen and oxygen atoms in total. The minimum atomic E-state index is -0.456. The number of ether oxygens (including phenoxy) is 1. The Kier molecular flexibility index (Phi) is 3.25. The van der Waals surface area contributed by atoms with Crippen LogP contribution in [0.5, 0.6) is 5.75 Å². The van der Waals surface area contributed by atoms with Crippen LogP contribution in [0.2, 0.25) is 0 Å². The number of rotatable bonds is 3. The maximum Gasteiger partial charge on any atom is 0.197 e. The van der Waals surface area contributed by atoms with Crippen LogP contribution in [0.4, 0.5) is 0 Å². The van der Waals surface area contributed by atoms with Gasteiger partial charge in [0.25, 0.3) is 0 Å².